The van der Waals surface area contributed by atoms with Gasteiger partial charge in [-0.1, -0.05) is 42.5 Å². The van der Waals surface area contributed by atoms with Gasteiger partial charge in [-0.25, -0.2) is 0 Å². The van der Waals surface area contributed by atoms with E-state index in [-0.39, 0.29) is 29.8 Å². The quantitative estimate of drug-likeness (QED) is 0.570. The van der Waals surface area contributed by atoms with Gasteiger partial charge in [0.1, 0.15) is 5.56 Å². The van der Waals surface area contributed by atoms with Crippen molar-refractivity contribution < 1.29 is 14.3 Å². The molecule has 3 aromatic rings. The maximum Gasteiger partial charge on any atom is 0.257 e. The van der Waals surface area contributed by atoms with E-state index in [0.29, 0.717) is 17.8 Å². The number of rotatable bonds is 4. The summed E-state index contributed by atoms with van der Waals surface area (Å²) in [5, 5.41) is 16.4. The van der Waals surface area contributed by atoms with Crippen LogP contribution in [0.25, 0.3) is 10.8 Å². The summed E-state index contributed by atoms with van der Waals surface area (Å²) in [4.78, 5) is 26.5. The van der Waals surface area contributed by atoms with Crippen molar-refractivity contribution in [1.29, 1.82) is 0 Å². The molecule has 2 amide bonds. The van der Waals surface area contributed by atoms with Crippen LogP contribution in [-0.2, 0) is 11.3 Å². The highest BCUT2D eigenvalue weighted by Crippen LogP contribution is 2.22. The molecule has 1 atom stereocenters. The Bertz CT molecular complexity index is 1010. The molecule has 6 nitrogen and oxygen atoms in total. The Morgan fingerprint density at radius 3 is 2.81 bits per heavy atom. The van der Waals surface area contributed by atoms with Crippen LogP contribution in [0.3, 0.4) is 0 Å². The number of aromatic nitrogens is 1. The van der Waals surface area contributed by atoms with Crippen molar-refractivity contribution in [3.63, 3.8) is 0 Å². The van der Waals surface area contributed by atoms with Crippen LogP contribution in [0.5, 0.6) is 0 Å². The smallest absolute Gasteiger partial charge is 0.257 e. The number of carbonyl (C=O) groups excluding carboxylic acids is 2. The Hall–Kier alpha value is -3.41. The fourth-order valence-corrected chi connectivity index (χ4v) is 3.52. The van der Waals surface area contributed by atoms with Gasteiger partial charge in [0.15, 0.2) is 12.4 Å². The summed E-state index contributed by atoms with van der Waals surface area (Å²) in [6.45, 7) is 0.969. The number of carbonyl (C=O) groups is 2. The van der Waals surface area contributed by atoms with Crippen molar-refractivity contribution >= 4 is 22.6 Å². The highest BCUT2D eigenvalue weighted by atomic mass is 16.5. The summed E-state index contributed by atoms with van der Waals surface area (Å²) >= 11 is 0. The van der Waals surface area contributed by atoms with E-state index in [1.54, 1.807) is 11.0 Å². The molecule has 27 heavy (non-hydrogen) atoms. The fourth-order valence-electron chi connectivity index (χ4n) is 3.52. The topological polar surface area (TPSA) is 76.4 Å². The average Bonchev–Trinajstić information content (AvgIpc) is 3.01. The van der Waals surface area contributed by atoms with Gasteiger partial charge in [0.2, 0.25) is 5.91 Å². The van der Waals surface area contributed by atoms with Gasteiger partial charge in [0, 0.05) is 25.6 Å². The number of nitrogens with one attached hydrogen (secondary N) is 1. The Morgan fingerprint density at radius 2 is 1.96 bits per heavy atom. The second kappa shape index (κ2) is 7.07. The molecule has 0 spiro atoms. The van der Waals surface area contributed by atoms with Gasteiger partial charge in [-0.3, -0.25) is 9.59 Å². The summed E-state index contributed by atoms with van der Waals surface area (Å²) in [5.74, 6) is -0.329. The predicted molar refractivity (Wildman–Crippen MR) is 101 cm³/mol. The number of pyridine rings is 1. The molecular weight excluding hydrogens is 342 g/mol. The third-order valence-corrected chi connectivity index (χ3v) is 4.83. The molecule has 2 aromatic carbocycles. The average molecular weight is 361 g/mol. The van der Waals surface area contributed by atoms with E-state index in [2.05, 4.69) is 23.5 Å². The lowest BCUT2D eigenvalue weighted by Crippen LogP contribution is -2.38. The van der Waals surface area contributed by atoms with Gasteiger partial charge >= 0.3 is 0 Å². The molecule has 0 bridgehead atoms. The van der Waals surface area contributed by atoms with E-state index in [4.69, 9.17) is 0 Å². The third-order valence-electron chi connectivity index (χ3n) is 4.83. The van der Waals surface area contributed by atoms with E-state index >= 15 is 0 Å². The van der Waals surface area contributed by atoms with Crippen LogP contribution in [0.4, 0.5) is 0 Å². The lowest BCUT2D eigenvalue weighted by molar-refractivity contribution is -0.605. The molecule has 1 N–H and O–H groups in total. The van der Waals surface area contributed by atoms with Crippen LogP contribution in [0.2, 0.25) is 0 Å². The first-order valence-electron chi connectivity index (χ1n) is 8.84. The molecule has 1 saturated heterocycles. The van der Waals surface area contributed by atoms with Crippen LogP contribution in [-0.4, -0.2) is 29.3 Å². The van der Waals surface area contributed by atoms with Crippen molar-refractivity contribution in [3.05, 3.63) is 83.3 Å². The van der Waals surface area contributed by atoms with Gasteiger partial charge in [0.25, 0.3) is 5.91 Å². The Balaban J connectivity index is 1.45. The predicted octanol–water partition coefficient (Wildman–Crippen LogP) is 2.00. The van der Waals surface area contributed by atoms with Crippen LogP contribution < -0.4 is 10.0 Å². The number of amides is 2. The molecule has 0 saturated carbocycles. The first-order valence-corrected chi connectivity index (χ1v) is 8.84. The zero-order valence-electron chi connectivity index (χ0n) is 14.7. The maximum atomic E-state index is 12.4. The SMILES string of the molecule is O=C(N[C@@H]1CC(=O)N(Cc2cccc3ccccc23)C1)c1ccc[n+]([O-])c1. The molecule has 1 aliphatic heterocycles. The van der Waals surface area contributed by atoms with Gasteiger partial charge in [-0.05, 0) is 22.4 Å². The third kappa shape index (κ3) is 3.60. The number of fused-ring (bicyclic) bond motifs is 1. The van der Waals surface area contributed by atoms with Crippen LogP contribution in [0.1, 0.15) is 22.3 Å². The second-order valence-electron chi connectivity index (χ2n) is 6.74. The van der Waals surface area contributed by atoms with Crippen molar-refractivity contribution in [2.45, 2.75) is 19.0 Å². The van der Waals surface area contributed by atoms with Gasteiger partial charge in [-0.2, -0.15) is 4.73 Å². The summed E-state index contributed by atoms with van der Waals surface area (Å²) in [6.07, 6.45) is 2.81. The van der Waals surface area contributed by atoms with E-state index in [9.17, 15) is 14.8 Å². The zero-order chi connectivity index (χ0) is 18.8. The maximum absolute atomic E-state index is 12.4. The van der Waals surface area contributed by atoms with Crippen molar-refractivity contribution in [2.75, 3.05) is 6.54 Å². The highest BCUT2D eigenvalue weighted by molar-refractivity contribution is 5.94. The first-order chi connectivity index (χ1) is 13.1. The largest absolute Gasteiger partial charge is 0.619 e. The molecule has 6 heteroatoms. The molecular formula is C21H19N3O3. The number of nitrogens with zero attached hydrogens (tertiary/aromatic N) is 2. The van der Waals surface area contributed by atoms with E-state index in [1.165, 1.54) is 18.5 Å². The molecule has 0 radical (unpaired) electrons. The molecule has 1 aromatic heterocycles. The monoisotopic (exact) mass is 361 g/mol. The molecule has 4 rings (SSSR count). The zero-order valence-corrected chi connectivity index (χ0v) is 14.7. The molecule has 136 valence electrons. The Labute approximate surface area is 156 Å². The minimum Gasteiger partial charge on any atom is -0.619 e. The normalized spacial score (nSPS) is 16.7. The Morgan fingerprint density at radius 1 is 1.15 bits per heavy atom. The van der Waals surface area contributed by atoms with Gasteiger partial charge in [0.05, 0.1) is 6.04 Å². The van der Waals surface area contributed by atoms with Crippen molar-refractivity contribution in [1.82, 2.24) is 10.2 Å². The summed E-state index contributed by atoms with van der Waals surface area (Å²) in [6, 6.07) is 17.0. The second-order valence-corrected chi connectivity index (χ2v) is 6.74. The van der Waals surface area contributed by atoms with Gasteiger partial charge in [-0.15, -0.1) is 0 Å². The summed E-state index contributed by atoms with van der Waals surface area (Å²) < 4.78 is 0.585. The van der Waals surface area contributed by atoms with Crippen molar-refractivity contribution in [2.24, 2.45) is 0 Å². The molecule has 2 heterocycles. The minimum absolute atomic E-state index is 0.0141. The van der Waals surface area contributed by atoms with Crippen LogP contribution in [0, 0.1) is 5.21 Å². The summed E-state index contributed by atoms with van der Waals surface area (Å²) in [5.41, 5.74) is 1.37. The minimum atomic E-state index is -0.343. The molecule has 1 aliphatic rings. The van der Waals surface area contributed by atoms with Crippen LogP contribution in [0.15, 0.2) is 67.0 Å². The van der Waals surface area contributed by atoms with E-state index < -0.39 is 0 Å². The van der Waals surface area contributed by atoms with E-state index in [1.807, 2.05) is 24.3 Å². The van der Waals surface area contributed by atoms with Gasteiger partial charge < -0.3 is 15.4 Å². The highest BCUT2D eigenvalue weighted by Gasteiger charge is 2.31. The lowest BCUT2D eigenvalue weighted by atomic mass is 10.0. The Kier molecular flexibility index (Phi) is 4.46. The van der Waals surface area contributed by atoms with Crippen LogP contribution >= 0.6 is 0 Å². The number of likely N-dealkylation sites (tertiary alicyclic amines) is 1. The van der Waals surface area contributed by atoms with E-state index in [0.717, 1.165) is 16.3 Å². The molecule has 1 fully saturated rings. The lowest BCUT2D eigenvalue weighted by Gasteiger charge is -2.18. The first kappa shape index (κ1) is 17.0. The standard InChI is InChI=1S/C21H19N3O3/c25-20-11-18(22-21(26)17-8-4-10-24(27)13-17)14-23(20)12-16-7-3-6-15-5-1-2-9-19(15)16/h1-10,13,18H,11-12,14H2,(H,22,26)/t18-/m1/s1. The molecule has 0 aliphatic carbocycles. The van der Waals surface area contributed by atoms with Crippen molar-refractivity contribution in [3.8, 4) is 0 Å². The number of hydrogen-bond acceptors (Lipinski definition) is 3. The molecule has 0 unspecified atom stereocenters. The number of hydrogen-bond donors (Lipinski definition) is 1. The number of benzene rings is 2. The summed E-state index contributed by atoms with van der Waals surface area (Å²) in [7, 11) is 0. The fraction of sp³-hybridized carbons (Fsp3) is 0.190.